The van der Waals surface area contributed by atoms with Crippen LogP contribution in [0.25, 0.3) is 10.8 Å². The average Bonchev–Trinajstić information content (AvgIpc) is 3.54. The molecule has 0 N–H and O–H groups in total. The Bertz CT molecular complexity index is 1860. The van der Waals surface area contributed by atoms with Crippen LogP contribution in [0.1, 0.15) is 59.1 Å². The maximum Gasteiger partial charge on any atom is 0.250 e. The molecule has 6 aromatic rings. The number of aryl methyl sites for hydroxylation is 1. The fourth-order valence-electron chi connectivity index (χ4n) is 5.90. The van der Waals surface area contributed by atoms with Crippen molar-refractivity contribution in [3.8, 4) is 5.75 Å². The van der Waals surface area contributed by atoms with Crippen LogP contribution in [0.5, 0.6) is 5.75 Å². The molecule has 0 bridgehead atoms. The van der Waals surface area contributed by atoms with E-state index in [2.05, 4.69) is 130 Å². The molecule has 4 nitrogen and oxygen atoms in total. The Labute approximate surface area is 267 Å². The quantitative estimate of drug-likeness (QED) is 0.0981. The molecule has 0 atom stereocenters. The molecular formula is C40H40N2O2Si. The van der Waals surface area contributed by atoms with Gasteiger partial charge in [0.2, 0.25) is 14.1 Å². The van der Waals surface area contributed by atoms with Gasteiger partial charge in [-0.05, 0) is 70.2 Å². The average molecular weight is 609 g/mol. The molecule has 45 heavy (non-hydrogen) atoms. The Morgan fingerprint density at radius 1 is 0.733 bits per heavy atom. The minimum Gasteiger partial charge on any atom is -0.543 e. The number of carbonyl (C=O) groups excluding carboxylic acids is 1. The number of imidazole rings is 1. The van der Waals surface area contributed by atoms with E-state index in [9.17, 15) is 4.79 Å². The molecule has 0 amide bonds. The highest BCUT2D eigenvalue weighted by Gasteiger charge is 2.40. The van der Waals surface area contributed by atoms with Crippen molar-refractivity contribution in [1.29, 1.82) is 0 Å². The van der Waals surface area contributed by atoms with Crippen molar-refractivity contribution in [2.24, 2.45) is 0 Å². The number of hydrogen-bond acceptors (Lipinski definition) is 3. The SMILES string of the molecule is Cc1c(O[Si](C)(C)C(C)(C)C)ccc2cc(C(=O)c3cn(C(c4ccccc4)(c4ccccc4)c4ccccc4)cn3)ccc12. The normalized spacial score (nSPS) is 12.3. The standard InChI is InChI=1S/C40H40N2O2Si/c1-29-35-24-22-31(26-30(35)23-25-37(29)44-45(5,6)39(2,3)4)38(43)36-27-42(28-41-36)40(32-16-10-7-11-17-32,33-18-12-8-13-19-33)34-20-14-9-15-21-34/h7-28H,1-6H3. The van der Waals surface area contributed by atoms with Crippen LogP contribution >= 0.6 is 0 Å². The van der Waals surface area contributed by atoms with E-state index in [1.165, 1.54) is 0 Å². The first-order valence-electron chi connectivity index (χ1n) is 15.5. The molecule has 0 saturated heterocycles. The molecule has 0 radical (unpaired) electrons. The summed E-state index contributed by atoms with van der Waals surface area (Å²) in [6.45, 7) is 13.4. The number of hydrogen-bond donors (Lipinski definition) is 0. The smallest absolute Gasteiger partial charge is 0.250 e. The molecule has 0 saturated carbocycles. The molecule has 0 aliphatic carbocycles. The van der Waals surface area contributed by atoms with Crippen molar-refractivity contribution in [1.82, 2.24) is 9.55 Å². The summed E-state index contributed by atoms with van der Waals surface area (Å²) in [4.78, 5) is 18.7. The largest absolute Gasteiger partial charge is 0.543 e. The molecule has 0 unspecified atom stereocenters. The highest BCUT2D eigenvalue weighted by atomic mass is 28.4. The fraction of sp³-hybridized carbons (Fsp3) is 0.200. The molecule has 5 heteroatoms. The fourth-order valence-corrected chi connectivity index (χ4v) is 6.98. The van der Waals surface area contributed by atoms with Crippen molar-refractivity contribution in [2.45, 2.75) is 51.4 Å². The summed E-state index contributed by atoms with van der Waals surface area (Å²) in [5.41, 5.74) is 4.61. The second-order valence-corrected chi connectivity index (χ2v) is 18.0. The Morgan fingerprint density at radius 3 is 1.78 bits per heavy atom. The summed E-state index contributed by atoms with van der Waals surface area (Å²) >= 11 is 0. The first-order valence-corrected chi connectivity index (χ1v) is 18.4. The van der Waals surface area contributed by atoms with Crippen LogP contribution < -0.4 is 4.43 Å². The van der Waals surface area contributed by atoms with Crippen molar-refractivity contribution in [3.63, 3.8) is 0 Å². The summed E-state index contributed by atoms with van der Waals surface area (Å²) in [7, 11) is -1.99. The van der Waals surface area contributed by atoms with Crippen LogP contribution in [0.2, 0.25) is 18.1 Å². The van der Waals surface area contributed by atoms with E-state index in [1.54, 1.807) is 6.33 Å². The van der Waals surface area contributed by atoms with Gasteiger partial charge in [-0.15, -0.1) is 0 Å². The number of aromatic nitrogens is 2. The predicted octanol–water partition coefficient (Wildman–Crippen LogP) is 9.80. The molecule has 1 heterocycles. The van der Waals surface area contributed by atoms with Crippen LogP contribution in [-0.4, -0.2) is 23.7 Å². The van der Waals surface area contributed by atoms with E-state index in [0.29, 0.717) is 11.3 Å². The highest BCUT2D eigenvalue weighted by Crippen LogP contribution is 2.42. The minimum absolute atomic E-state index is 0.104. The maximum absolute atomic E-state index is 14.0. The van der Waals surface area contributed by atoms with Gasteiger partial charge in [-0.1, -0.05) is 130 Å². The third-order valence-electron chi connectivity index (χ3n) is 9.45. The van der Waals surface area contributed by atoms with Crippen molar-refractivity contribution < 1.29 is 9.22 Å². The third kappa shape index (κ3) is 5.42. The predicted molar refractivity (Wildman–Crippen MR) is 187 cm³/mol. The zero-order valence-corrected chi connectivity index (χ0v) is 27.9. The van der Waals surface area contributed by atoms with Gasteiger partial charge in [0, 0.05) is 11.8 Å². The van der Waals surface area contributed by atoms with Crippen LogP contribution in [0.3, 0.4) is 0 Å². The Morgan fingerprint density at radius 2 is 1.27 bits per heavy atom. The molecule has 0 spiro atoms. The van der Waals surface area contributed by atoms with Crippen LogP contribution in [0.4, 0.5) is 0 Å². The maximum atomic E-state index is 14.0. The number of nitrogens with zero attached hydrogens (tertiary/aromatic N) is 2. The lowest BCUT2D eigenvalue weighted by Crippen LogP contribution is -2.44. The molecule has 226 valence electrons. The first kappa shape index (κ1) is 30.3. The van der Waals surface area contributed by atoms with Crippen molar-refractivity contribution >= 4 is 24.9 Å². The van der Waals surface area contributed by atoms with Gasteiger partial charge < -0.3 is 8.99 Å². The molecule has 0 aliphatic heterocycles. The summed E-state index contributed by atoms with van der Waals surface area (Å²) in [6, 6.07) is 41.2. The van der Waals surface area contributed by atoms with E-state index in [4.69, 9.17) is 9.41 Å². The zero-order chi connectivity index (χ0) is 31.8. The molecule has 1 aromatic heterocycles. The third-order valence-corrected chi connectivity index (χ3v) is 13.8. The molecule has 5 aromatic carbocycles. The van der Waals surface area contributed by atoms with E-state index in [1.807, 2.05) is 42.6 Å². The second-order valence-electron chi connectivity index (χ2n) is 13.3. The van der Waals surface area contributed by atoms with Gasteiger partial charge in [-0.25, -0.2) is 4.98 Å². The van der Waals surface area contributed by atoms with Crippen LogP contribution in [0, 0.1) is 6.92 Å². The van der Waals surface area contributed by atoms with Gasteiger partial charge in [0.1, 0.15) is 17.0 Å². The first-order chi connectivity index (χ1) is 21.5. The number of ketones is 1. The second kappa shape index (κ2) is 11.6. The van der Waals surface area contributed by atoms with Crippen LogP contribution in [0.15, 0.2) is 134 Å². The summed E-state index contributed by atoms with van der Waals surface area (Å²) in [5.74, 6) is 0.809. The van der Waals surface area contributed by atoms with E-state index in [-0.39, 0.29) is 10.8 Å². The molecule has 6 rings (SSSR count). The number of benzene rings is 5. The lowest BCUT2D eigenvalue weighted by molar-refractivity contribution is 0.103. The Kier molecular flexibility index (Phi) is 7.84. The van der Waals surface area contributed by atoms with Crippen LogP contribution in [-0.2, 0) is 5.54 Å². The number of carbonyl (C=O) groups is 1. The van der Waals surface area contributed by atoms with Crippen molar-refractivity contribution in [2.75, 3.05) is 0 Å². The highest BCUT2D eigenvalue weighted by molar-refractivity contribution is 6.74. The minimum atomic E-state index is -1.99. The van der Waals surface area contributed by atoms with Gasteiger partial charge in [0.15, 0.2) is 0 Å². The lowest BCUT2D eigenvalue weighted by Gasteiger charge is -2.37. The van der Waals surface area contributed by atoms with Gasteiger partial charge >= 0.3 is 0 Å². The Hall–Kier alpha value is -4.74. The number of fused-ring (bicyclic) bond motifs is 1. The van der Waals surface area contributed by atoms with E-state index >= 15 is 0 Å². The van der Waals surface area contributed by atoms with Gasteiger partial charge in [0.05, 0.1) is 6.33 Å². The zero-order valence-electron chi connectivity index (χ0n) is 26.9. The monoisotopic (exact) mass is 608 g/mol. The lowest BCUT2D eigenvalue weighted by atomic mass is 9.77. The van der Waals surface area contributed by atoms with Gasteiger partial charge in [-0.2, -0.15) is 0 Å². The molecule has 0 fully saturated rings. The summed E-state index contributed by atoms with van der Waals surface area (Å²) < 4.78 is 8.73. The van der Waals surface area contributed by atoms with Crippen molar-refractivity contribution in [3.05, 3.63) is 167 Å². The van der Waals surface area contributed by atoms with Gasteiger partial charge in [-0.3, -0.25) is 4.79 Å². The Balaban J connectivity index is 1.41. The molecule has 0 aliphatic rings. The molecular weight excluding hydrogens is 569 g/mol. The number of rotatable bonds is 8. The summed E-state index contributed by atoms with van der Waals surface area (Å²) in [5, 5.41) is 2.20. The topological polar surface area (TPSA) is 44.1 Å². The summed E-state index contributed by atoms with van der Waals surface area (Å²) in [6.07, 6.45) is 3.68. The van der Waals surface area contributed by atoms with Gasteiger partial charge in [0.25, 0.3) is 0 Å². The van der Waals surface area contributed by atoms with E-state index < -0.39 is 13.9 Å². The van der Waals surface area contributed by atoms with E-state index in [0.717, 1.165) is 38.8 Å².